The molecule has 3 atom stereocenters. The minimum absolute atomic E-state index is 0.337. The molecule has 2 fully saturated rings. The van der Waals surface area contributed by atoms with Crippen LogP contribution < -0.4 is 0 Å². The van der Waals surface area contributed by atoms with Crippen LogP contribution in [0, 0.1) is 29.1 Å². The van der Waals surface area contributed by atoms with E-state index in [1.807, 2.05) is 19.4 Å². The van der Waals surface area contributed by atoms with Gasteiger partial charge in [-0.1, -0.05) is 13.3 Å². The molecule has 3 rings (SSSR count). The van der Waals surface area contributed by atoms with Crippen molar-refractivity contribution in [3.63, 3.8) is 0 Å². The van der Waals surface area contributed by atoms with Gasteiger partial charge in [-0.15, -0.1) is 0 Å². The first-order chi connectivity index (χ1) is 11.6. The predicted molar refractivity (Wildman–Crippen MR) is 94.4 cm³/mol. The second kappa shape index (κ2) is 7.21. The lowest BCUT2D eigenvalue weighted by Gasteiger charge is -2.49. The van der Waals surface area contributed by atoms with Crippen LogP contribution in [0.4, 0.5) is 0 Å². The van der Waals surface area contributed by atoms with Gasteiger partial charge in [0.25, 0.3) is 0 Å². The van der Waals surface area contributed by atoms with Crippen LogP contribution in [0.15, 0.2) is 18.5 Å². The van der Waals surface area contributed by atoms with Crippen molar-refractivity contribution >= 4 is 0 Å². The molecule has 24 heavy (non-hydrogen) atoms. The smallest absolute Gasteiger partial charge is 0.101 e. The predicted octanol–water partition coefficient (Wildman–Crippen LogP) is 3.57. The molecule has 0 aromatic carbocycles. The fourth-order valence-corrected chi connectivity index (χ4v) is 4.64. The van der Waals surface area contributed by atoms with Crippen molar-refractivity contribution in [3.05, 3.63) is 29.6 Å². The first-order valence-electron chi connectivity index (χ1n) is 9.19. The molecule has 130 valence electrons. The molecule has 0 spiro atoms. The average molecular weight is 327 g/mol. The molecule has 0 N–H and O–H groups in total. The number of aromatic nitrogens is 1. The molecular formula is C20H29N3O. The molecule has 3 unspecified atom stereocenters. The molecule has 0 amide bonds. The molecule has 0 bridgehead atoms. The van der Waals surface area contributed by atoms with E-state index in [1.165, 1.54) is 32.2 Å². The van der Waals surface area contributed by atoms with Crippen LogP contribution in [-0.2, 0) is 10.3 Å². The van der Waals surface area contributed by atoms with E-state index in [-0.39, 0.29) is 5.60 Å². The number of ether oxygens (including phenoxy) is 1. The van der Waals surface area contributed by atoms with Gasteiger partial charge in [0.15, 0.2) is 0 Å². The Morgan fingerprint density at radius 3 is 2.75 bits per heavy atom. The van der Waals surface area contributed by atoms with Gasteiger partial charge in [0.1, 0.15) is 11.7 Å². The van der Waals surface area contributed by atoms with Crippen molar-refractivity contribution in [1.29, 1.82) is 5.26 Å². The summed E-state index contributed by atoms with van der Waals surface area (Å²) in [7, 11) is 4.07. The summed E-state index contributed by atoms with van der Waals surface area (Å²) in [5.74, 6) is 1.76. The van der Waals surface area contributed by atoms with E-state index >= 15 is 0 Å². The Morgan fingerprint density at radius 1 is 1.29 bits per heavy atom. The lowest BCUT2D eigenvalue weighted by Crippen LogP contribution is -2.50. The zero-order valence-corrected chi connectivity index (χ0v) is 15.2. The van der Waals surface area contributed by atoms with Crippen LogP contribution in [-0.4, -0.2) is 37.1 Å². The summed E-state index contributed by atoms with van der Waals surface area (Å²) in [6.45, 7) is 4.53. The quantitative estimate of drug-likeness (QED) is 0.801. The van der Waals surface area contributed by atoms with E-state index in [9.17, 15) is 5.26 Å². The molecule has 0 radical (unpaired) electrons. The van der Waals surface area contributed by atoms with Crippen LogP contribution in [0.1, 0.15) is 50.2 Å². The van der Waals surface area contributed by atoms with E-state index in [0.717, 1.165) is 24.4 Å². The van der Waals surface area contributed by atoms with Gasteiger partial charge in [-0.2, -0.15) is 5.26 Å². The highest BCUT2D eigenvalue weighted by Crippen LogP contribution is 2.48. The molecule has 0 saturated heterocycles. The number of nitriles is 1. The van der Waals surface area contributed by atoms with E-state index in [1.54, 1.807) is 6.20 Å². The first-order valence-corrected chi connectivity index (χ1v) is 9.19. The maximum absolute atomic E-state index is 9.26. The summed E-state index contributed by atoms with van der Waals surface area (Å²) in [6, 6.07) is 4.20. The number of hydrogen-bond donors (Lipinski definition) is 0. The monoisotopic (exact) mass is 327 g/mol. The molecule has 2 saturated carbocycles. The molecular weight excluding hydrogens is 298 g/mol. The fraction of sp³-hybridized carbons (Fsp3) is 0.700. The Kier molecular flexibility index (Phi) is 5.22. The molecule has 2 aliphatic rings. The lowest BCUT2D eigenvalue weighted by atomic mass is 9.65. The highest BCUT2D eigenvalue weighted by Gasteiger charge is 2.48. The highest BCUT2D eigenvalue weighted by molar-refractivity contribution is 5.33. The summed E-state index contributed by atoms with van der Waals surface area (Å²) in [5, 5.41) is 9.26. The Hall–Kier alpha value is -1.44. The van der Waals surface area contributed by atoms with E-state index < -0.39 is 0 Å². The number of pyridine rings is 1. The average Bonchev–Trinajstić information content (AvgIpc) is 3.39. The SMILES string of the molecule is COC1(c2cncc(C#N)c2)C(C)CCCC1CN(C)CC1CC1. The molecule has 1 aromatic rings. The van der Waals surface area contributed by atoms with Gasteiger partial charge in [0.05, 0.1) is 5.56 Å². The lowest BCUT2D eigenvalue weighted by molar-refractivity contribution is -0.132. The van der Waals surface area contributed by atoms with Crippen molar-refractivity contribution in [2.24, 2.45) is 17.8 Å². The molecule has 4 heteroatoms. The van der Waals surface area contributed by atoms with Gasteiger partial charge in [0.2, 0.25) is 0 Å². The van der Waals surface area contributed by atoms with Crippen LogP contribution in [0.5, 0.6) is 0 Å². The second-order valence-corrected chi connectivity index (χ2v) is 7.76. The summed E-state index contributed by atoms with van der Waals surface area (Å²) >= 11 is 0. The summed E-state index contributed by atoms with van der Waals surface area (Å²) in [4.78, 5) is 6.80. The Labute approximate surface area is 145 Å². The number of hydrogen-bond acceptors (Lipinski definition) is 4. The molecule has 1 aromatic heterocycles. The van der Waals surface area contributed by atoms with Crippen molar-refractivity contribution < 1.29 is 4.74 Å². The van der Waals surface area contributed by atoms with Crippen molar-refractivity contribution in [1.82, 2.24) is 9.88 Å². The van der Waals surface area contributed by atoms with Crippen molar-refractivity contribution in [2.45, 2.75) is 44.6 Å². The largest absolute Gasteiger partial charge is 0.373 e. The van der Waals surface area contributed by atoms with Gasteiger partial charge in [-0.05, 0) is 50.6 Å². The third-order valence-corrected chi connectivity index (χ3v) is 5.98. The van der Waals surface area contributed by atoms with Gasteiger partial charge >= 0.3 is 0 Å². The third kappa shape index (κ3) is 3.34. The minimum atomic E-state index is -0.337. The van der Waals surface area contributed by atoms with E-state index in [4.69, 9.17) is 4.74 Å². The zero-order chi connectivity index (χ0) is 17.2. The molecule has 0 aliphatic heterocycles. The number of methoxy groups -OCH3 is 1. The Morgan fingerprint density at radius 2 is 2.08 bits per heavy atom. The maximum Gasteiger partial charge on any atom is 0.101 e. The maximum atomic E-state index is 9.26. The third-order valence-electron chi connectivity index (χ3n) is 5.98. The molecule has 4 nitrogen and oxygen atoms in total. The van der Waals surface area contributed by atoms with Crippen LogP contribution in [0.2, 0.25) is 0 Å². The van der Waals surface area contributed by atoms with Crippen LogP contribution in [0.3, 0.4) is 0 Å². The Balaban J connectivity index is 1.90. The summed E-state index contributed by atoms with van der Waals surface area (Å²) in [6.07, 6.45) is 9.88. The van der Waals surface area contributed by atoms with E-state index in [2.05, 4.69) is 29.9 Å². The highest BCUT2D eigenvalue weighted by atomic mass is 16.5. The van der Waals surface area contributed by atoms with Crippen molar-refractivity contribution in [2.75, 3.05) is 27.2 Å². The number of rotatable bonds is 6. The summed E-state index contributed by atoms with van der Waals surface area (Å²) < 4.78 is 6.23. The van der Waals surface area contributed by atoms with Crippen LogP contribution >= 0.6 is 0 Å². The minimum Gasteiger partial charge on any atom is -0.373 e. The zero-order valence-electron chi connectivity index (χ0n) is 15.2. The molecule has 2 aliphatic carbocycles. The summed E-state index contributed by atoms with van der Waals surface area (Å²) in [5.41, 5.74) is 1.35. The second-order valence-electron chi connectivity index (χ2n) is 7.76. The fourth-order valence-electron chi connectivity index (χ4n) is 4.64. The Bertz CT molecular complexity index is 607. The number of nitrogens with zero attached hydrogens (tertiary/aromatic N) is 3. The van der Waals surface area contributed by atoms with E-state index in [0.29, 0.717) is 17.4 Å². The first kappa shape index (κ1) is 17.4. The van der Waals surface area contributed by atoms with Gasteiger partial charge in [-0.3, -0.25) is 4.98 Å². The van der Waals surface area contributed by atoms with Gasteiger partial charge in [-0.25, -0.2) is 0 Å². The van der Waals surface area contributed by atoms with Crippen LogP contribution in [0.25, 0.3) is 0 Å². The van der Waals surface area contributed by atoms with Crippen molar-refractivity contribution in [3.8, 4) is 6.07 Å². The standard InChI is InChI=1S/C20H29N3O/c1-15-5-4-6-18(14-23(2)13-16-7-8-16)20(15,24-3)19-9-17(10-21)11-22-12-19/h9,11-12,15-16,18H,4-8,13-14H2,1-3H3. The van der Waals surface area contributed by atoms with Gasteiger partial charge < -0.3 is 9.64 Å². The molecule has 1 heterocycles. The normalized spacial score (nSPS) is 30.3. The topological polar surface area (TPSA) is 49.1 Å². The van der Waals surface area contributed by atoms with Gasteiger partial charge in [0, 0.05) is 44.1 Å².